The Morgan fingerprint density at radius 3 is 2.75 bits per heavy atom. The summed E-state index contributed by atoms with van der Waals surface area (Å²) in [6.45, 7) is 1.67. The fraction of sp³-hybridized carbons (Fsp3) is 0.500. The van der Waals surface area contributed by atoms with Gasteiger partial charge >= 0.3 is 0 Å². The van der Waals surface area contributed by atoms with Crippen molar-refractivity contribution in [2.75, 3.05) is 19.7 Å². The van der Waals surface area contributed by atoms with Crippen LogP contribution in [0.4, 0.5) is 8.78 Å². The van der Waals surface area contributed by atoms with Crippen molar-refractivity contribution in [1.29, 1.82) is 0 Å². The highest BCUT2D eigenvalue weighted by atomic mass is 19.2. The molecule has 0 radical (unpaired) electrons. The highest BCUT2D eigenvalue weighted by Gasteiger charge is 2.22. The Labute approximate surface area is 93.3 Å². The Balaban J connectivity index is 2.13. The molecule has 1 fully saturated rings. The van der Waals surface area contributed by atoms with Crippen LogP contribution in [0, 0.1) is 17.6 Å². The first-order valence-electron chi connectivity index (χ1n) is 5.47. The van der Waals surface area contributed by atoms with Crippen LogP contribution in [0.5, 0.6) is 0 Å². The van der Waals surface area contributed by atoms with Crippen molar-refractivity contribution in [2.24, 2.45) is 5.92 Å². The molecule has 2 atom stereocenters. The van der Waals surface area contributed by atoms with Crippen molar-refractivity contribution < 1.29 is 13.9 Å². The predicted molar refractivity (Wildman–Crippen MR) is 57.2 cm³/mol. The van der Waals surface area contributed by atoms with E-state index < -0.39 is 11.6 Å². The molecule has 2 rings (SSSR count). The molecule has 0 spiro atoms. The van der Waals surface area contributed by atoms with Crippen molar-refractivity contribution >= 4 is 0 Å². The minimum absolute atomic E-state index is 0.132. The minimum atomic E-state index is -0.814. The smallest absolute Gasteiger partial charge is 0.159 e. The lowest BCUT2D eigenvalue weighted by Gasteiger charge is -2.29. The van der Waals surface area contributed by atoms with Gasteiger partial charge in [0.2, 0.25) is 0 Å². The first kappa shape index (κ1) is 11.5. The van der Waals surface area contributed by atoms with Crippen LogP contribution in [0.2, 0.25) is 0 Å². The third kappa shape index (κ3) is 2.39. The molecule has 0 bridgehead atoms. The molecule has 2 nitrogen and oxygen atoms in total. The molecule has 1 aromatic rings. The standard InChI is InChI=1S/C12H15F2NO/c13-11-2-1-9(4-12(11)14)10-3-8(7-16)5-15-6-10/h1-2,4,8,10,15-16H,3,5-7H2. The quantitative estimate of drug-likeness (QED) is 0.805. The average molecular weight is 227 g/mol. The van der Waals surface area contributed by atoms with Crippen LogP contribution in [0.25, 0.3) is 0 Å². The van der Waals surface area contributed by atoms with Crippen LogP contribution in [0.15, 0.2) is 18.2 Å². The minimum Gasteiger partial charge on any atom is -0.396 e. The summed E-state index contributed by atoms with van der Waals surface area (Å²) in [5.41, 5.74) is 0.796. The number of hydrogen-bond acceptors (Lipinski definition) is 2. The number of halogens is 2. The van der Waals surface area contributed by atoms with Crippen molar-refractivity contribution in [1.82, 2.24) is 5.32 Å². The van der Waals surface area contributed by atoms with Gasteiger partial charge in [-0.15, -0.1) is 0 Å². The van der Waals surface area contributed by atoms with Gasteiger partial charge in [0.05, 0.1) is 0 Å². The highest BCUT2D eigenvalue weighted by molar-refractivity contribution is 5.22. The maximum absolute atomic E-state index is 13.1. The van der Waals surface area contributed by atoms with Crippen LogP contribution < -0.4 is 5.32 Å². The van der Waals surface area contributed by atoms with Crippen molar-refractivity contribution in [3.63, 3.8) is 0 Å². The summed E-state index contributed by atoms with van der Waals surface area (Å²) >= 11 is 0. The monoisotopic (exact) mass is 227 g/mol. The predicted octanol–water partition coefficient (Wildman–Crippen LogP) is 1.65. The fourth-order valence-electron chi connectivity index (χ4n) is 2.19. The van der Waals surface area contributed by atoms with E-state index >= 15 is 0 Å². The second-order valence-corrected chi connectivity index (χ2v) is 4.31. The van der Waals surface area contributed by atoms with E-state index in [0.717, 1.165) is 31.1 Å². The summed E-state index contributed by atoms with van der Waals surface area (Å²) in [4.78, 5) is 0. The number of hydrogen-bond donors (Lipinski definition) is 2. The van der Waals surface area contributed by atoms with E-state index in [2.05, 4.69) is 5.32 Å². The van der Waals surface area contributed by atoms with Crippen LogP contribution in [-0.4, -0.2) is 24.8 Å². The van der Waals surface area contributed by atoms with Gasteiger partial charge in [0, 0.05) is 19.7 Å². The molecular formula is C12H15F2NO. The molecule has 1 saturated heterocycles. The topological polar surface area (TPSA) is 32.3 Å². The maximum Gasteiger partial charge on any atom is 0.159 e. The lowest BCUT2D eigenvalue weighted by molar-refractivity contribution is 0.190. The van der Waals surface area contributed by atoms with Gasteiger partial charge in [0.25, 0.3) is 0 Å². The number of aliphatic hydroxyl groups excluding tert-OH is 1. The molecule has 1 aromatic carbocycles. The first-order chi connectivity index (χ1) is 7.70. The molecule has 88 valence electrons. The van der Waals surface area contributed by atoms with Gasteiger partial charge in [0.1, 0.15) is 0 Å². The van der Waals surface area contributed by atoms with Gasteiger partial charge in [-0.25, -0.2) is 8.78 Å². The first-order valence-corrected chi connectivity index (χ1v) is 5.47. The number of aliphatic hydroxyl groups is 1. The van der Waals surface area contributed by atoms with Gasteiger partial charge in [-0.05, 0) is 36.0 Å². The molecule has 0 aliphatic carbocycles. The summed E-state index contributed by atoms with van der Waals surface area (Å²) in [5.74, 6) is -1.26. The van der Waals surface area contributed by atoms with E-state index in [0.29, 0.717) is 0 Å². The van der Waals surface area contributed by atoms with Crippen molar-refractivity contribution in [3.05, 3.63) is 35.4 Å². The second-order valence-electron chi connectivity index (χ2n) is 4.31. The highest BCUT2D eigenvalue weighted by Crippen LogP contribution is 2.27. The van der Waals surface area contributed by atoms with Crippen LogP contribution in [-0.2, 0) is 0 Å². The summed E-state index contributed by atoms with van der Waals surface area (Å²) < 4.78 is 25.8. The third-order valence-corrected chi connectivity index (χ3v) is 3.11. The molecule has 0 saturated carbocycles. The van der Waals surface area contributed by atoms with Gasteiger partial charge in [-0.2, -0.15) is 0 Å². The van der Waals surface area contributed by atoms with E-state index in [-0.39, 0.29) is 18.4 Å². The SMILES string of the molecule is OCC1CNCC(c2ccc(F)c(F)c2)C1. The third-order valence-electron chi connectivity index (χ3n) is 3.11. The summed E-state index contributed by atoms with van der Waals surface area (Å²) in [5, 5.41) is 12.3. The molecule has 0 amide bonds. The number of benzene rings is 1. The summed E-state index contributed by atoms with van der Waals surface area (Å²) in [6.07, 6.45) is 0.814. The normalized spacial score (nSPS) is 25.7. The zero-order valence-corrected chi connectivity index (χ0v) is 8.92. The Bertz CT molecular complexity index is 370. The van der Waals surface area contributed by atoms with Crippen LogP contribution in [0.3, 0.4) is 0 Å². The lowest BCUT2D eigenvalue weighted by Crippen LogP contribution is -2.36. The molecule has 4 heteroatoms. The molecule has 1 aliphatic heterocycles. The Hall–Kier alpha value is -1.00. The van der Waals surface area contributed by atoms with Gasteiger partial charge < -0.3 is 10.4 Å². The van der Waals surface area contributed by atoms with E-state index in [9.17, 15) is 8.78 Å². The molecule has 0 aromatic heterocycles. The second kappa shape index (κ2) is 4.89. The van der Waals surface area contributed by atoms with E-state index in [1.54, 1.807) is 6.07 Å². The zero-order valence-electron chi connectivity index (χ0n) is 8.92. The average Bonchev–Trinajstić information content (AvgIpc) is 2.33. The molecular weight excluding hydrogens is 212 g/mol. The van der Waals surface area contributed by atoms with Crippen molar-refractivity contribution in [3.8, 4) is 0 Å². The summed E-state index contributed by atoms with van der Waals surface area (Å²) in [6, 6.07) is 4.03. The molecule has 1 aliphatic rings. The fourth-order valence-corrected chi connectivity index (χ4v) is 2.19. The van der Waals surface area contributed by atoms with Crippen LogP contribution in [0.1, 0.15) is 17.9 Å². The maximum atomic E-state index is 13.1. The van der Waals surface area contributed by atoms with Gasteiger partial charge in [-0.1, -0.05) is 6.07 Å². The Morgan fingerprint density at radius 1 is 1.25 bits per heavy atom. The summed E-state index contributed by atoms with van der Waals surface area (Å²) in [7, 11) is 0. The molecule has 1 heterocycles. The zero-order chi connectivity index (χ0) is 11.5. The van der Waals surface area contributed by atoms with E-state index in [1.165, 1.54) is 6.07 Å². The van der Waals surface area contributed by atoms with Gasteiger partial charge in [0.15, 0.2) is 11.6 Å². The van der Waals surface area contributed by atoms with E-state index in [1.807, 2.05) is 0 Å². The molecule has 2 N–H and O–H groups in total. The molecule has 2 unspecified atom stereocenters. The number of nitrogens with one attached hydrogen (secondary N) is 1. The Morgan fingerprint density at radius 2 is 2.06 bits per heavy atom. The van der Waals surface area contributed by atoms with Gasteiger partial charge in [-0.3, -0.25) is 0 Å². The molecule has 16 heavy (non-hydrogen) atoms. The Kier molecular flexibility index (Phi) is 3.51. The van der Waals surface area contributed by atoms with Crippen molar-refractivity contribution in [2.45, 2.75) is 12.3 Å². The number of piperidine rings is 1. The van der Waals surface area contributed by atoms with E-state index in [4.69, 9.17) is 5.11 Å². The lowest BCUT2D eigenvalue weighted by atomic mass is 9.86. The largest absolute Gasteiger partial charge is 0.396 e. The van der Waals surface area contributed by atoms with Crippen LogP contribution >= 0.6 is 0 Å². The number of rotatable bonds is 2.